The Balaban J connectivity index is 1.93. The van der Waals surface area contributed by atoms with Crippen molar-refractivity contribution in [3.05, 3.63) is 46.6 Å². The predicted molar refractivity (Wildman–Crippen MR) is 75.8 cm³/mol. The number of nitrogens with zero attached hydrogens (tertiary/aromatic N) is 1. The van der Waals surface area contributed by atoms with Crippen LogP contribution in [0.15, 0.2) is 35.4 Å². The molecular formula is C13H13N3O3S. The van der Waals surface area contributed by atoms with Gasteiger partial charge >= 0.3 is 0 Å². The molecule has 0 radical (unpaired) electrons. The maximum Gasteiger partial charge on any atom is 0.261 e. The van der Waals surface area contributed by atoms with E-state index in [1.165, 1.54) is 6.20 Å². The third kappa shape index (κ3) is 2.27. The molecule has 0 saturated heterocycles. The Kier molecular flexibility index (Phi) is 2.98. The molecule has 3 rings (SSSR count). The zero-order valence-electron chi connectivity index (χ0n) is 10.8. The lowest BCUT2D eigenvalue weighted by atomic mass is 10.1. The Morgan fingerprint density at radius 2 is 2.15 bits per heavy atom. The topological polar surface area (TPSA) is 84.1 Å². The molecule has 0 fully saturated rings. The molecule has 0 spiro atoms. The largest absolute Gasteiger partial charge is 0.487 e. The highest BCUT2D eigenvalue weighted by Gasteiger charge is 2.23. The van der Waals surface area contributed by atoms with E-state index in [1.54, 1.807) is 13.0 Å². The predicted octanol–water partition coefficient (Wildman–Crippen LogP) is 1.89. The normalized spacial score (nSPS) is 14.2. The van der Waals surface area contributed by atoms with Crippen LogP contribution >= 0.6 is 0 Å². The van der Waals surface area contributed by atoms with Crippen LogP contribution in [0.25, 0.3) is 6.08 Å². The summed E-state index contributed by atoms with van der Waals surface area (Å²) in [7, 11) is -3.65. The molecule has 0 amide bonds. The van der Waals surface area contributed by atoms with E-state index in [0.29, 0.717) is 17.1 Å². The third-order valence-corrected chi connectivity index (χ3v) is 4.44. The molecule has 1 aromatic carbocycles. The molecule has 0 bridgehead atoms. The molecule has 2 N–H and O–H groups in total. The van der Waals surface area contributed by atoms with Crippen molar-refractivity contribution in [3.63, 3.8) is 0 Å². The van der Waals surface area contributed by atoms with Crippen molar-refractivity contribution in [2.24, 2.45) is 0 Å². The Morgan fingerprint density at radius 3 is 2.90 bits per heavy atom. The van der Waals surface area contributed by atoms with Gasteiger partial charge in [-0.2, -0.15) is 5.10 Å². The Labute approximate surface area is 116 Å². The summed E-state index contributed by atoms with van der Waals surface area (Å²) in [6.45, 7) is 1.76. The summed E-state index contributed by atoms with van der Waals surface area (Å²) >= 11 is 0. The van der Waals surface area contributed by atoms with Crippen LogP contribution in [0.1, 0.15) is 11.3 Å². The number of aromatic nitrogens is 2. The fourth-order valence-electron chi connectivity index (χ4n) is 1.91. The van der Waals surface area contributed by atoms with Gasteiger partial charge in [0.25, 0.3) is 10.0 Å². The number of sulfonamides is 1. The van der Waals surface area contributed by atoms with E-state index < -0.39 is 10.0 Å². The van der Waals surface area contributed by atoms with E-state index >= 15 is 0 Å². The van der Waals surface area contributed by atoms with Gasteiger partial charge in [0.15, 0.2) is 0 Å². The van der Waals surface area contributed by atoms with Crippen LogP contribution in [-0.2, 0) is 10.0 Å². The lowest BCUT2D eigenvalue weighted by molar-refractivity contribution is 0.353. The van der Waals surface area contributed by atoms with E-state index in [0.717, 1.165) is 5.56 Å². The van der Waals surface area contributed by atoms with Crippen LogP contribution in [-0.4, -0.2) is 25.2 Å². The van der Waals surface area contributed by atoms with Crippen molar-refractivity contribution in [2.75, 3.05) is 11.3 Å². The quantitative estimate of drug-likeness (QED) is 0.904. The number of fused-ring (bicyclic) bond motifs is 1. The SMILES string of the molecule is Cc1[nH]ncc1NS(=O)(=O)C1=Cc2ccccc2OC1. The van der Waals surface area contributed by atoms with Crippen molar-refractivity contribution in [2.45, 2.75) is 6.92 Å². The van der Waals surface area contributed by atoms with Crippen LogP contribution in [0, 0.1) is 6.92 Å². The number of aromatic amines is 1. The van der Waals surface area contributed by atoms with Gasteiger partial charge in [0.05, 0.1) is 17.6 Å². The number of para-hydroxylation sites is 1. The number of ether oxygens (including phenoxy) is 1. The number of nitrogens with one attached hydrogen (secondary N) is 2. The summed E-state index contributed by atoms with van der Waals surface area (Å²) in [4.78, 5) is 0.191. The Bertz CT molecular complexity index is 778. The average Bonchev–Trinajstić information content (AvgIpc) is 2.83. The van der Waals surface area contributed by atoms with Crippen molar-refractivity contribution >= 4 is 21.8 Å². The summed E-state index contributed by atoms with van der Waals surface area (Å²) in [6, 6.07) is 7.30. The van der Waals surface area contributed by atoms with E-state index in [9.17, 15) is 8.42 Å². The van der Waals surface area contributed by atoms with Crippen LogP contribution in [0.5, 0.6) is 5.75 Å². The highest BCUT2D eigenvalue weighted by Crippen LogP contribution is 2.28. The molecule has 104 valence electrons. The number of rotatable bonds is 3. The Morgan fingerprint density at radius 1 is 1.35 bits per heavy atom. The van der Waals surface area contributed by atoms with Gasteiger partial charge in [0, 0.05) is 5.56 Å². The smallest absolute Gasteiger partial charge is 0.261 e. The van der Waals surface area contributed by atoms with Crippen LogP contribution in [0.3, 0.4) is 0 Å². The molecule has 1 aromatic heterocycles. The van der Waals surface area contributed by atoms with Gasteiger partial charge < -0.3 is 4.74 Å². The van der Waals surface area contributed by atoms with Crippen LogP contribution < -0.4 is 9.46 Å². The van der Waals surface area contributed by atoms with Gasteiger partial charge in [-0.25, -0.2) is 8.42 Å². The molecule has 6 nitrogen and oxygen atoms in total. The number of hydrogen-bond acceptors (Lipinski definition) is 4. The first-order valence-corrected chi connectivity index (χ1v) is 7.50. The minimum atomic E-state index is -3.65. The summed E-state index contributed by atoms with van der Waals surface area (Å²) in [5.74, 6) is 0.686. The van der Waals surface area contributed by atoms with Gasteiger partial charge in [-0.15, -0.1) is 0 Å². The van der Waals surface area contributed by atoms with Gasteiger partial charge in [0.2, 0.25) is 0 Å². The monoisotopic (exact) mass is 291 g/mol. The number of H-pyrrole nitrogens is 1. The first-order chi connectivity index (χ1) is 9.56. The molecule has 7 heteroatoms. The highest BCUT2D eigenvalue weighted by molar-refractivity contribution is 7.96. The van der Waals surface area contributed by atoms with E-state index in [-0.39, 0.29) is 11.5 Å². The summed E-state index contributed by atoms with van der Waals surface area (Å²) in [5, 5.41) is 6.47. The first-order valence-electron chi connectivity index (χ1n) is 6.01. The van der Waals surface area contributed by atoms with E-state index in [2.05, 4.69) is 14.9 Å². The fraction of sp³-hybridized carbons (Fsp3) is 0.154. The lowest BCUT2D eigenvalue weighted by Crippen LogP contribution is -2.21. The second-order valence-electron chi connectivity index (χ2n) is 4.45. The molecule has 1 aliphatic rings. The Hall–Kier alpha value is -2.28. The van der Waals surface area contributed by atoms with Crippen LogP contribution in [0.2, 0.25) is 0 Å². The zero-order chi connectivity index (χ0) is 14.2. The molecule has 20 heavy (non-hydrogen) atoms. The van der Waals surface area contributed by atoms with Crippen molar-refractivity contribution in [3.8, 4) is 5.75 Å². The minimum absolute atomic E-state index is 0.0171. The number of hydrogen-bond donors (Lipinski definition) is 2. The summed E-state index contributed by atoms with van der Waals surface area (Å²) < 4.78 is 32.6. The number of aryl methyl sites for hydroxylation is 1. The van der Waals surface area contributed by atoms with E-state index in [1.807, 2.05) is 24.3 Å². The van der Waals surface area contributed by atoms with E-state index in [4.69, 9.17) is 4.74 Å². The second kappa shape index (κ2) is 4.68. The molecule has 0 saturated carbocycles. The molecule has 0 unspecified atom stereocenters. The zero-order valence-corrected chi connectivity index (χ0v) is 11.6. The maximum absolute atomic E-state index is 12.3. The molecular weight excluding hydrogens is 278 g/mol. The minimum Gasteiger partial charge on any atom is -0.487 e. The molecule has 2 aromatic rings. The second-order valence-corrected chi connectivity index (χ2v) is 6.19. The molecule has 2 heterocycles. The summed E-state index contributed by atoms with van der Waals surface area (Å²) in [5.41, 5.74) is 1.85. The van der Waals surface area contributed by atoms with Gasteiger partial charge in [-0.05, 0) is 19.1 Å². The lowest BCUT2D eigenvalue weighted by Gasteiger charge is -2.18. The highest BCUT2D eigenvalue weighted by atomic mass is 32.2. The van der Waals surface area contributed by atoms with Gasteiger partial charge in [-0.3, -0.25) is 9.82 Å². The maximum atomic E-state index is 12.3. The van der Waals surface area contributed by atoms with Crippen molar-refractivity contribution in [1.82, 2.24) is 10.2 Å². The average molecular weight is 291 g/mol. The number of anilines is 1. The van der Waals surface area contributed by atoms with Crippen LogP contribution in [0.4, 0.5) is 5.69 Å². The molecule has 0 aliphatic carbocycles. The summed E-state index contributed by atoms with van der Waals surface area (Å²) in [6.07, 6.45) is 3.06. The fourth-order valence-corrected chi connectivity index (χ4v) is 3.04. The van der Waals surface area contributed by atoms with Gasteiger partial charge in [-0.1, -0.05) is 18.2 Å². The third-order valence-electron chi connectivity index (χ3n) is 3.02. The number of benzene rings is 1. The van der Waals surface area contributed by atoms with Gasteiger partial charge in [0.1, 0.15) is 17.3 Å². The van der Waals surface area contributed by atoms with Crippen molar-refractivity contribution in [1.29, 1.82) is 0 Å². The van der Waals surface area contributed by atoms with Crippen molar-refractivity contribution < 1.29 is 13.2 Å². The molecule has 0 atom stereocenters. The first kappa shape index (κ1) is 12.7. The standard InChI is InChI=1S/C13H13N3O3S/c1-9-12(7-14-15-9)16-20(17,18)11-6-10-4-2-3-5-13(10)19-8-11/h2-7,16H,8H2,1H3,(H,14,15). The molecule has 1 aliphatic heterocycles.